The van der Waals surface area contributed by atoms with Crippen molar-refractivity contribution in [2.45, 2.75) is 41.5 Å². The molecule has 0 saturated carbocycles. The molecule has 0 aromatic heterocycles. The third kappa shape index (κ3) is 4.37. The molecule has 0 radical (unpaired) electrons. The second-order valence-corrected chi connectivity index (χ2v) is 33.2. The average molecular weight is 433 g/mol. The van der Waals surface area contributed by atoms with Gasteiger partial charge in [-0.2, -0.15) is 0 Å². The fourth-order valence-corrected chi connectivity index (χ4v) is 55.4. The summed E-state index contributed by atoms with van der Waals surface area (Å²) in [4.78, 5) is 0. The molecule has 0 atom stereocenters. The fraction of sp³-hybridized carbons (Fsp3) is 1.00. The van der Waals surface area contributed by atoms with Crippen molar-refractivity contribution >= 4 is 10.7 Å². The normalized spacial score (nSPS) is 15.6. The first-order valence-electron chi connectivity index (χ1n) is 6.68. The monoisotopic (exact) mass is 433 g/mol. The van der Waals surface area contributed by atoms with Crippen molar-refractivity contribution in [1.29, 1.82) is 0 Å². The second kappa shape index (κ2) is 7.79. The van der Waals surface area contributed by atoms with E-state index >= 15 is 0 Å². The molecule has 0 N–H and O–H groups in total. The number of rotatable bonds is 8. The van der Waals surface area contributed by atoms with E-state index in [0.717, 1.165) is 0 Å². The first kappa shape index (κ1) is 16.5. The van der Waals surface area contributed by atoms with Crippen LogP contribution in [0.2, 0.25) is 0 Å². The van der Waals surface area contributed by atoms with Gasteiger partial charge in [-0.15, -0.1) is 0 Å². The van der Waals surface area contributed by atoms with Crippen molar-refractivity contribution in [2.24, 2.45) is 0 Å². The van der Waals surface area contributed by atoms with Crippen molar-refractivity contribution in [3.63, 3.8) is 0 Å². The van der Waals surface area contributed by atoms with Crippen LogP contribution in [0.4, 0.5) is 0 Å². The van der Waals surface area contributed by atoms with E-state index in [9.17, 15) is 0 Å². The minimum absolute atomic E-state index is 0.586. The predicted octanol–water partition coefficient (Wildman–Crippen LogP) is 4.52. The van der Waals surface area contributed by atoms with Crippen LogP contribution in [0.15, 0.2) is 0 Å². The van der Waals surface area contributed by atoms with Crippen LogP contribution in [0.3, 0.4) is 0 Å². The van der Waals surface area contributed by atoms with E-state index in [2.05, 4.69) is 41.5 Å². The van der Waals surface area contributed by atoms with E-state index in [1.54, 1.807) is 37.0 Å². The molecule has 0 bridgehead atoms. The van der Waals surface area contributed by atoms with E-state index in [1.807, 2.05) is 0 Å². The second-order valence-electron chi connectivity index (χ2n) is 4.37. The summed E-state index contributed by atoms with van der Waals surface area (Å²) in [5.41, 5.74) is 0. The molecule has 0 unspecified atom stereocenters. The molecule has 0 nitrogen and oxygen atoms in total. The summed E-state index contributed by atoms with van der Waals surface area (Å²) in [6.45, 7) is 14.9. The van der Waals surface area contributed by atoms with Crippen molar-refractivity contribution in [2.75, 3.05) is 37.0 Å². The Morgan fingerprint density at radius 3 is 0.867 bits per heavy atom. The van der Waals surface area contributed by atoms with Crippen LogP contribution in [-0.2, 0) is 17.5 Å². The Morgan fingerprint density at radius 1 is 0.533 bits per heavy atom. The van der Waals surface area contributed by atoms with Gasteiger partial charge in [0.15, 0.2) is 0 Å². The molecule has 0 heterocycles. The molecule has 0 aliphatic rings. The summed E-state index contributed by atoms with van der Waals surface area (Å²) in [5.74, 6) is 0. The Labute approximate surface area is 106 Å². The average Bonchev–Trinajstić information content (AvgIpc) is 2.33. The van der Waals surface area contributed by atoms with E-state index < -0.39 is 10.7 Å². The molecule has 100 valence electrons. The zero-order chi connectivity index (χ0) is 11.9. The summed E-state index contributed by atoms with van der Waals surface area (Å²) in [6, 6.07) is 0. The SMILES string of the molecule is CC[PH](CC)(CC)[Pt][PH](CC)(CC)CC. The molecule has 0 saturated heterocycles. The molecule has 0 spiro atoms. The van der Waals surface area contributed by atoms with E-state index in [1.165, 1.54) is 0 Å². The van der Waals surface area contributed by atoms with Crippen LogP contribution in [0.25, 0.3) is 0 Å². The summed E-state index contributed by atoms with van der Waals surface area (Å²) >= 11 is 0.586. The van der Waals surface area contributed by atoms with Gasteiger partial charge in [-0.25, -0.2) is 0 Å². The maximum atomic E-state index is 2.49. The molecule has 0 aliphatic carbocycles. The molecule has 0 rings (SSSR count). The Hall–Kier alpha value is 1.55. The molecule has 0 aliphatic heterocycles. The van der Waals surface area contributed by atoms with Gasteiger partial charge in [0, 0.05) is 0 Å². The Kier molecular flexibility index (Phi) is 8.60. The quantitative estimate of drug-likeness (QED) is 0.494. The van der Waals surface area contributed by atoms with Crippen molar-refractivity contribution < 1.29 is 17.5 Å². The molecule has 0 fully saturated rings. The molecular weight excluding hydrogens is 401 g/mol. The summed E-state index contributed by atoms with van der Waals surface area (Å²) < 4.78 is 0. The number of hydrogen-bond donors (Lipinski definition) is 0. The maximum absolute atomic E-state index is 2.49. The first-order chi connectivity index (χ1) is 7.07. The van der Waals surface area contributed by atoms with Gasteiger partial charge in [-0.05, 0) is 0 Å². The third-order valence-electron chi connectivity index (χ3n) is 4.01. The molecule has 3 heteroatoms. The van der Waals surface area contributed by atoms with Crippen molar-refractivity contribution in [1.82, 2.24) is 0 Å². The van der Waals surface area contributed by atoms with Crippen LogP contribution < -0.4 is 0 Å². The number of hydrogen-bond acceptors (Lipinski definition) is 0. The third-order valence-corrected chi connectivity index (χ3v) is 50.2. The molecule has 0 aromatic carbocycles. The van der Waals surface area contributed by atoms with E-state index in [-0.39, 0.29) is 0 Å². The van der Waals surface area contributed by atoms with Gasteiger partial charge in [0.1, 0.15) is 0 Å². The summed E-state index contributed by atoms with van der Waals surface area (Å²) in [6.07, 6.45) is 9.43. The van der Waals surface area contributed by atoms with E-state index in [4.69, 9.17) is 0 Å². The van der Waals surface area contributed by atoms with Crippen LogP contribution in [-0.4, -0.2) is 37.0 Å². The van der Waals surface area contributed by atoms with Crippen LogP contribution in [0.5, 0.6) is 0 Å². The summed E-state index contributed by atoms with van der Waals surface area (Å²) in [7, 11) is 0. The van der Waals surface area contributed by atoms with Gasteiger partial charge in [-0.1, -0.05) is 0 Å². The molecular formula is C12H32P2Pt. The Bertz CT molecular complexity index is 128. The summed E-state index contributed by atoms with van der Waals surface area (Å²) in [5, 5.41) is -1.49. The zero-order valence-corrected chi connectivity index (χ0v) is 15.8. The van der Waals surface area contributed by atoms with Gasteiger partial charge >= 0.3 is 107 Å². The zero-order valence-electron chi connectivity index (χ0n) is 11.6. The molecule has 15 heavy (non-hydrogen) atoms. The van der Waals surface area contributed by atoms with Crippen molar-refractivity contribution in [3.05, 3.63) is 0 Å². The Balaban J connectivity index is 4.74. The van der Waals surface area contributed by atoms with Gasteiger partial charge in [0.25, 0.3) is 0 Å². The topological polar surface area (TPSA) is 0 Å². The fourth-order valence-electron chi connectivity index (χ4n) is 2.19. The van der Waals surface area contributed by atoms with Gasteiger partial charge in [0.05, 0.1) is 0 Å². The molecule has 0 amide bonds. The minimum atomic E-state index is -0.743. The predicted molar refractivity (Wildman–Crippen MR) is 79.9 cm³/mol. The van der Waals surface area contributed by atoms with Crippen molar-refractivity contribution in [3.8, 4) is 0 Å². The van der Waals surface area contributed by atoms with Crippen LogP contribution >= 0.6 is 10.7 Å². The van der Waals surface area contributed by atoms with E-state index in [0.29, 0.717) is 17.5 Å². The molecule has 0 aromatic rings. The Morgan fingerprint density at radius 2 is 0.733 bits per heavy atom. The van der Waals surface area contributed by atoms with Crippen LogP contribution in [0.1, 0.15) is 41.5 Å². The standard InChI is InChI=1S/2C6H15P.Pt/c2*1-4-7(5-2)6-3;/h2*4-6H2,1-3H3;/q;;-2/p+2. The van der Waals surface area contributed by atoms with Crippen LogP contribution in [0, 0.1) is 0 Å². The van der Waals surface area contributed by atoms with Gasteiger partial charge in [0.2, 0.25) is 0 Å². The first-order valence-corrected chi connectivity index (χ1v) is 18.4. The van der Waals surface area contributed by atoms with Gasteiger partial charge in [-0.3, -0.25) is 0 Å². The van der Waals surface area contributed by atoms with Gasteiger partial charge < -0.3 is 0 Å².